The summed E-state index contributed by atoms with van der Waals surface area (Å²) in [7, 11) is 1.75. The molecular weight excluding hydrogens is 356 g/mol. The predicted octanol–water partition coefficient (Wildman–Crippen LogP) is 7.40. The van der Waals surface area contributed by atoms with E-state index in [9.17, 15) is 5.11 Å². The van der Waals surface area contributed by atoms with E-state index in [-0.39, 0.29) is 16.7 Å². The first kappa shape index (κ1) is 23.3. The van der Waals surface area contributed by atoms with Crippen molar-refractivity contribution < 1.29 is 9.84 Å². The maximum absolute atomic E-state index is 10.6. The Bertz CT molecular complexity index is 877. The quantitative estimate of drug-likeness (QED) is 0.583. The van der Waals surface area contributed by atoms with Gasteiger partial charge in [0.25, 0.3) is 0 Å². The molecule has 0 heterocycles. The first-order chi connectivity index (χ1) is 13.2. The third-order valence-electron chi connectivity index (χ3n) is 5.93. The van der Waals surface area contributed by atoms with E-state index in [1.807, 2.05) is 6.07 Å². The number of rotatable bonds is 4. The Kier molecular flexibility index (Phi) is 6.47. The molecule has 1 unspecified atom stereocenters. The Morgan fingerprint density at radius 1 is 0.759 bits per heavy atom. The van der Waals surface area contributed by atoms with Gasteiger partial charge in [-0.25, -0.2) is 0 Å². The van der Waals surface area contributed by atoms with E-state index >= 15 is 0 Å². The second kappa shape index (κ2) is 8.05. The molecule has 2 rings (SSSR count). The number of aromatic hydroxyl groups is 1. The van der Waals surface area contributed by atoms with E-state index in [1.54, 1.807) is 7.11 Å². The lowest BCUT2D eigenvalue weighted by molar-refractivity contribution is 0.396. The van der Waals surface area contributed by atoms with Crippen LogP contribution in [0.15, 0.2) is 24.3 Å². The molecule has 0 spiro atoms. The number of methoxy groups -OCH3 is 1. The molecule has 0 aromatic heterocycles. The van der Waals surface area contributed by atoms with Crippen molar-refractivity contribution in [3.8, 4) is 11.5 Å². The Balaban J connectivity index is 2.80. The van der Waals surface area contributed by atoms with Crippen molar-refractivity contribution in [3.05, 3.63) is 57.6 Å². The van der Waals surface area contributed by atoms with Gasteiger partial charge in [-0.2, -0.15) is 0 Å². The second-order valence-electron chi connectivity index (χ2n) is 10.9. The Labute approximate surface area is 178 Å². The molecule has 1 N–H and O–H groups in total. The summed E-state index contributed by atoms with van der Waals surface area (Å²) in [6, 6.07) is 8.71. The normalized spacial score (nSPS) is 13.7. The molecule has 0 fully saturated rings. The van der Waals surface area contributed by atoms with Gasteiger partial charge < -0.3 is 9.84 Å². The molecule has 0 radical (unpaired) electrons. The average molecular weight is 397 g/mol. The first-order valence-corrected chi connectivity index (χ1v) is 10.7. The van der Waals surface area contributed by atoms with Gasteiger partial charge in [0.2, 0.25) is 0 Å². The Hall–Kier alpha value is -1.96. The van der Waals surface area contributed by atoms with Gasteiger partial charge in [-0.05, 0) is 76.1 Å². The molecule has 2 nitrogen and oxygen atoms in total. The van der Waals surface area contributed by atoms with Gasteiger partial charge >= 0.3 is 0 Å². The van der Waals surface area contributed by atoms with Crippen LogP contribution in [0, 0.1) is 19.8 Å². The topological polar surface area (TPSA) is 29.5 Å². The number of ether oxygens (including phenoxy) is 1. The van der Waals surface area contributed by atoms with Crippen LogP contribution in [0.1, 0.15) is 94.7 Å². The zero-order valence-electron chi connectivity index (χ0n) is 20.3. The van der Waals surface area contributed by atoms with Crippen LogP contribution in [-0.2, 0) is 10.8 Å². The van der Waals surface area contributed by atoms with Crippen molar-refractivity contribution in [1.29, 1.82) is 0 Å². The SMILES string of the molecule is COc1cc(C)c(C(c2cc(C(C)(C)C)c(O)cc2C)C(C)C)cc1C(C)(C)C. The zero-order valence-corrected chi connectivity index (χ0v) is 20.3. The molecule has 0 amide bonds. The number of benzene rings is 2. The molecule has 0 aliphatic rings. The van der Waals surface area contributed by atoms with Crippen molar-refractivity contribution in [2.75, 3.05) is 7.11 Å². The third kappa shape index (κ3) is 4.79. The maximum atomic E-state index is 10.6. The Morgan fingerprint density at radius 3 is 1.62 bits per heavy atom. The van der Waals surface area contributed by atoms with Crippen LogP contribution in [0.4, 0.5) is 0 Å². The summed E-state index contributed by atoms with van der Waals surface area (Å²) in [6.45, 7) is 22.0. The fourth-order valence-electron chi connectivity index (χ4n) is 4.32. The van der Waals surface area contributed by atoms with Crippen LogP contribution in [0.25, 0.3) is 0 Å². The second-order valence-corrected chi connectivity index (χ2v) is 10.9. The summed E-state index contributed by atoms with van der Waals surface area (Å²) in [6.07, 6.45) is 0. The van der Waals surface area contributed by atoms with Gasteiger partial charge in [0, 0.05) is 5.92 Å². The molecule has 0 aliphatic heterocycles. The van der Waals surface area contributed by atoms with Crippen molar-refractivity contribution in [2.24, 2.45) is 5.92 Å². The van der Waals surface area contributed by atoms with Crippen molar-refractivity contribution >= 4 is 0 Å². The van der Waals surface area contributed by atoms with Crippen molar-refractivity contribution in [2.45, 2.75) is 86.0 Å². The lowest BCUT2D eigenvalue weighted by Crippen LogP contribution is -2.18. The van der Waals surface area contributed by atoms with Crippen LogP contribution in [0.5, 0.6) is 11.5 Å². The maximum Gasteiger partial charge on any atom is 0.122 e. The summed E-state index contributed by atoms with van der Waals surface area (Å²) in [5, 5.41) is 10.6. The molecular formula is C27H40O2. The molecule has 1 atom stereocenters. The molecule has 2 aromatic carbocycles. The minimum atomic E-state index is -0.112. The first-order valence-electron chi connectivity index (χ1n) is 10.7. The monoisotopic (exact) mass is 396 g/mol. The molecule has 0 aliphatic carbocycles. The molecule has 160 valence electrons. The van der Waals surface area contributed by atoms with E-state index in [1.165, 1.54) is 22.3 Å². The van der Waals surface area contributed by atoms with Gasteiger partial charge in [0.1, 0.15) is 11.5 Å². The molecule has 0 bridgehead atoms. The van der Waals surface area contributed by atoms with E-state index < -0.39 is 0 Å². The summed E-state index contributed by atoms with van der Waals surface area (Å²) in [5.41, 5.74) is 7.16. The van der Waals surface area contributed by atoms with Crippen molar-refractivity contribution in [3.63, 3.8) is 0 Å². The molecule has 29 heavy (non-hydrogen) atoms. The van der Waals surface area contributed by atoms with Gasteiger partial charge in [-0.1, -0.05) is 67.5 Å². The fraction of sp³-hybridized carbons (Fsp3) is 0.556. The highest BCUT2D eigenvalue weighted by atomic mass is 16.5. The highest BCUT2D eigenvalue weighted by molar-refractivity contribution is 5.53. The standard InChI is InChI=1S/C27H40O2/c1-16(2)25(19-14-21(26(5,6)7)23(28)12-17(19)3)20-15-22(27(8,9)10)24(29-11)13-18(20)4/h12-16,25,28H,1-11H3. The molecule has 0 saturated heterocycles. The summed E-state index contributed by atoms with van der Waals surface area (Å²) in [4.78, 5) is 0. The van der Waals surface area contributed by atoms with Gasteiger partial charge in [0.05, 0.1) is 7.11 Å². The summed E-state index contributed by atoms with van der Waals surface area (Å²) >= 11 is 0. The number of hydrogen-bond acceptors (Lipinski definition) is 2. The van der Waals surface area contributed by atoms with E-state index in [4.69, 9.17) is 4.74 Å². The lowest BCUT2D eigenvalue weighted by Gasteiger charge is -2.31. The average Bonchev–Trinajstić information content (AvgIpc) is 2.55. The minimum Gasteiger partial charge on any atom is -0.508 e. The number of hydrogen-bond donors (Lipinski definition) is 1. The van der Waals surface area contributed by atoms with Gasteiger partial charge in [-0.15, -0.1) is 0 Å². The Morgan fingerprint density at radius 2 is 1.21 bits per heavy atom. The smallest absolute Gasteiger partial charge is 0.122 e. The predicted molar refractivity (Wildman–Crippen MR) is 125 cm³/mol. The van der Waals surface area contributed by atoms with E-state index in [2.05, 4.69) is 87.4 Å². The minimum absolute atomic E-state index is 0.00407. The van der Waals surface area contributed by atoms with Crippen LogP contribution in [0.2, 0.25) is 0 Å². The van der Waals surface area contributed by atoms with Crippen molar-refractivity contribution in [1.82, 2.24) is 0 Å². The number of aryl methyl sites for hydroxylation is 2. The largest absolute Gasteiger partial charge is 0.508 e. The summed E-state index contributed by atoms with van der Waals surface area (Å²) in [5.74, 6) is 2.02. The molecule has 2 aromatic rings. The summed E-state index contributed by atoms with van der Waals surface area (Å²) < 4.78 is 5.72. The molecule has 0 saturated carbocycles. The van der Waals surface area contributed by atoms with Gasteiger partial charge in [-0.3, -0.25) is 0 Å². The van der Waals surface area contributed by atoms with Gasteiger partial charge in [0.15, 0.2) is 0 Å². The number of phenols is 1. The van der Waals surface area contributed by atoms with Crippen LogP contribution >= 0.6 is 0 Å². The van der Waals surface area contributed by atoms with Crippen LogP contribution in [-0.4, -0.2) is 12.2 Å². The highest BCUT2D eigenvalue weighted by Gasteiger charge is 2.28. The van der Waals surface area contributed by atoms with E-state index in [0.29, 0.717) is 11.7 Å². The lowest BCUT2D eigenvalue weighted by atomic mass is 9.74. The third-order valence-corrected chi connectivity index (χ3v) is 5.93. The van der Waals surface area contributed by atoms with Crippen LogP contribution in [0.3, 0.4) is 0 Å². The number of phenolic OH excluding ortho intramolecular Hbond substituents is 1. The van der Waals surface area contributed by atoms with E-state index in [0.717, 1.165) is 16.9 Å². The zero-order chi connectivity index (χ0) is 22.3. The fourth-order valence-corrected chi connectivity index (χ4v) is 4.32. The van der Waals surface area contributed by atoms with Crippen LogP contribution < -0.4 is 4.74 Å². The molecule has 2 heteroatoms. The highest BCUT2D eigenvalue weighted by Crippen LogP contribution is 2.43.